The molecule has 0 N–H and O–H groups in total. The van der Waals surface area contributed by atoms with E-state index in [1.165, 1.54) is 5.56 Å². The van der Waals surface area contributed by atoms with Gasteiger partial charge in [-0.3, -0.25) is 4.79 Å². The summed E-state index contributed by atoms with van der Waals surface area (Å²) >= 11 is 0. The lowest BCUT2D eigenvalue weighted by Crippen LogP contribution is -2.56. The van der Waals surface area contributed by atoms with Gasteiger partial charge in [0, 0.05) is 39.4 Å². The molecular formula is C24H30N2O3. The molecule has 5 nitrogen and oxygen atoms in total. The van der Waals surface area contributed by atoms with E-state index in [2.05, 4.69) is 47.1 Å². The van der Waals surface area contributed by atoms with Crippen LogP contribution in [0.5, 0.6) is 5.75 Å². The van der Waals surface area contributed by atoms with E-state index in [1.54, 1.807) is 7.11 Å². The number of nitrogens with zero attached hydrogens (tertiary/aromatic N) is 2. The Balaban J connectivity index is 1.52. The topological polar surface area (TPSA) is 42.0 Å². The molecular weight excluding hydrogens is 364 g/mol. The van der Waals surface area contributed by atoms with Crippen molar-refractivity contribution in [2.75, 3.05) is 51.4 Å². The molecule has 0 aliphatic carbocycles. The molecule has 1 amide bonds. The SMILES string of the molecule is COc1ccccc1N1CCN(C(=O)C2(c3ccc(C)cc3)CCOCC2)CC1. The molecule has 2 aliphatic heterocycles. The number of hydrogen-bond acceptors (Lipinski definition) is 4. The van der Waals surface area contributed by atoms with Crippen molar-refractivity contribution in [3.8, 4) is 5.75 Å². The van der Waals surface area contributed by atoms with Gasteiger partial charge in [0.15, 0.2) is 0 Å². The number of rotatable bonds is 4. The van der Waals surface area contributed by atoms with Gasteiger partial charge in [0.1, 0.15) is 5.75 Å². The number of para-hydroxylation sites is 2. The largest absolute Gasteiger partial charge is 0.495 e. The minimum absolute atomic E-state index is 0.254. The second-order valence-electron chi connectivity index (χ2n) is 8.01. The predicted octanol–water partition coefficient (Wildman–Crippen LogP) is 3.40. The molecule has 2 aromatic rings. The van der Waals surface area contributed by atoms with Gasteiger partial charge in [-0.1, -0.05) is 42.0 Å². The van der Waals surface area contributed by atoms with Crippen LogP contribution < -0.4 is 9.64 Å². The van der Waals surface area contributed by atoms with Gasteiger partial charge in [0.25, 0.3) is 0 Å². The van der Waals surface area contributed by atoms with Gasteiger partial charge in [-0.05, 0) is 37.5 Å². The minimum Gasteiger partial charge on any atom is -0.495 e. The monoisotopic (exact) mass is 394 g/mol. The Morgan fingerprint density at radius 2 is 1.62 bits per heavy atom. The van der Waals surface area contributed by atoms with E-state index in [-0.39, 0.29) is 5.91 Å². The van der Waals surface area contributed by atoms with Gasteiger partial charge in [0.2, 0.25) is 5.91 Å². The average molecular weight is 395 g/mol. The van der Waals surface area contributed by atoms with E-state index in [0.29, 0.717) is 13.2 Å². The van der Waals surface area contributed by atoms with Gasteiger partial charge < -0.3 is 19.3 Å². The maximum absolute atomic E-state index is 13.8. The van der Waals surface area contributed by atoms with Crippen molar-refractivity contribution in [3.05, 3.63) is 59.7 Å². The summed E-state index contributed by atoms with van der Waals surface area (Å²) in [5.74, 6) is 1.14. The van der Waals surface area contributed by atoms with Gasteiger partial charge in [-0.25, -0.2) is 0 Å². The molecule has 0 saturated carbocycles. The molecule has 154 valence electrons. The van der Waals surface area contributed by atoms with Crippen molar-refractivity contribution in [2.45, 2.75) is 25.2 Å². The minimum atomic E-state index is -0.460. The fraction of sp³-hybridized carbons (Fsp3) is 0.458. The third-order valence-electron chi connectivity index (χ3n) is 6.35. The summed E-state index contributed by atoms with van der Waals surface area (Å²) in [6.07, 6.45) is 1.50. The van der Waals surface area contributed by atoms with Crippen molar-refractivity contribution < 1.29 is 14.3 Å². The van der Waals surface area contributed by atoms with Crippen molar-refractivity contribution in [2.24, 2.45) is 0 Å². The van der Waals surface area contributed by atoms with Crippen LogP contribution in [0.4, 0.5) is 5.69 Å². The molecule has 0 spiro atoms. The van der Waals surface area contributed by atoms with Crippen LogP contribution in [0.1, 0.15) is 24.0 Å². The Bertz CT molecular complexity index is 835. The second kappa shape index (κ2) is 8.46. The highest BCUT2D eigenvalue weighted by atomic mass is 16.5. The molecule has 5 heteroatoms. The maximum atomic E-state index is 13.8. The summed E-state index contributed by atoms with van der Waals surface area (Å²) in [4.78, 5) is 18.1. The van der Waals surface area contributed by atoms with Crippen LogP contribution in [0.15, 0.2) is 48.5 Å². The van der Waals surface area contributed by atoms with Crippen molar-refractivity contribution in [1.29, 1.82) is 0 Å². The van der Waals surface area contributed by atoms with Crippen LogP contribution >= 0.6 is 0 Å². The fourth-order valence-corrected chi connectivity index (χ4v) is 4.56. The Labute approximate surface area is 173 Å². The molecule has 0 aromatic heterocycles. The molecule has 29 heavy (non-hydrogen) atoms. The third kappa shape index (κ3) is 3.84. The zero-order chi connectivity index (χ0) is 20.3. The van der Waals surface area contributed by atoms with E-state index >= 15 is 0 Å². The van der Waals surface area contributed by atoms with Crippen LogP contribution in [0.25, 0.3) is 0 Å². The van der Waals surface area contributed by atoms with Gasteiger partial charge in [-0.2, -0.15) is 0 Å². The second-order valence-corrected chi connectivity index (χ2v) is 8.01. The number of benzene rings is 2. The first kappa shape index (κ1) is 19.8. The van der Waals surface area contributed by atoms with E-state index in [0.717, 1.165) is 56.0 Å². The Morgan fingerprint density at radius 3 is 2.28 bits per heavy atom. The molecule has 0 atom stereocenters. The Kier molecular flexibility index (Phi) is 5.76. The third-order valence-corrected chi connectivity index (χ3v) is 6.35. The van der Waals surface area contributed by atoms with Crippen LogP contribution in [0.2, 0.25) is 0 Å². The molecule has 0 bridgehead atoms. The first-order chi connectivity index (χ1) is 14.1. The summed E-state index contributed by atoms with van der Waals surface area (Å²) < 4.78 is 11.1. The molecule has 0 unspecified atom stereocenters. The zero-order valence-electron chi connectivity index (χ0n) is 17.4. The van der Waals surface area contributed by atoms with Gasteiger partial charge >= 0.3 is 0 Å². The molecule has 4 rings (SSSR count). The number of piperazine rings is 1. The standard InChI is InChI=1S/C24H30N2O3/c1-19-7-9-20(10-8-19)24(11-17-29-18-12-24)23(27)26-15-13-25(14-16-26)21-5-3-4-6-22(21)28-2/h3-10H,11-18H2,1-2H3. The maximum Gasteiger partial charge on any atom is 0.233 e. The average Bonchev–Trinajstić information content (AvgIpc) is 2.79. The molecule has 2 heterocycles. The first-order valence-electron chi connectivity index (χ1n) is 10.5. The molecule has 2 fully saturated rings. The number of hydrogen-bond donors (Lipinski definition) is 0. The van der Waals surface area contributed by atoms with Crippen LogP contribution in [0, 0.1) is 6.92 Å². The van der Waals surface area contributed by atoms with E-state index < -0.39 is 5.41 Å². The summed E-state index contributed by atoms with van der Waals surface area (Å²) in [7, 11) is 1.70. The van der Waals surface area contributed by atoms with Gasteiger partial charge in [-0.15, -0.1) is 0 Å². The predicted molar refractivity (Wildman–Crippen MR) is 115 cm³/mol. The van der Waals surface area contributed by atoms with E-state index in [1.807, 2.05) is 18.2 Å². The van der Waals surface area contributed by atoms with Crippen LogP contribution in [-0.2, 0) is 14.9 Å². The Hall–Kier alpha value is -2.53. The van der Waals surface area contributed by atoms with Crippen LogP contribution in [-0.4, -0.2) is 57.3 Å². The summed E-state index contributed by atoms with van der Waals surface area (Å²) in [6, 6.07) is 16.6. The molecule has 2 aromatic carbocycles. The van der Waals surface area contributed by atoms with Crippen molar-refractivity contribution in [1.82, 2.24) is 4.90 Å². The number of carbonyl (C=O) groups excluding carboxylic acids is 1. The van der Waals surface area contributed by atoms with Crippen molar-refractivity contribution in [3.63, 3.8) is 0 Å². The highest BCUT2D eigenvalue weighted by Gasteiger charge is 2.44. The Morgan fingerprint density at radius 1 is 0.966 bits per heavy atom. The summed E-state index contributed by atoms with van der Waals surface area (Å²) in [5.41, 5.74) is 2.98. The molecule has 2 aliphatic rings. The lowest BCUT2D eigenvalue weighted by atomic mass is 9.72. The number of ether oxygens (including phenoxy) is 2. The van der Waals surface area contributed by atoms with Crippen molar-refractivity contribution >= 4 is 11.6 Å². The lowest BCUT2D eigenvalue weighted by molar-refractivity contribution is -0.141. The number of aryl methyl sites for hydroxylation is 1. The summed E-state index contributed by atoms with van der Waals surface area (Å²) in [6.45, 7) is 6.44. The highest BCUT2D eigenvalue weighted by Crippen LogP contribution is 2.37. The first-order valence-corrected chi connectivity index (χ1v) is 10.5. The number of methoxy groups -OCH3 is 1. The molecule has 2 saturated heterocycles. The zero-order valence-corrected chi connectivity index (χ0v) is 17.4. The lowest BCUT2D eigenvalue weighted by Gasteiger charge is -2.43. The molecule has 0 radical (unpaired) electrons. The quantitative estimate of drug-likeness (QED) is 0.797. The van der Waals surface area contributed by atoms with E-state index in [4.69, 9.17) is 9.47 Å². The highest BCUT2D eigenvalue weighted by molar-refractivity contribution is 5.88. The van der Waals surface area contributed by atoms with Crippen LogP contribution in [0.3, 0.4) is 0 Å². The summed E-state index contributed by atoms with van der Waals surface area (Å²) in [5, 5.41) is 0. The fourth-order valence-electron chi connectivity index (χ4n) is 4.56. The number of carbonyl (C=O) groups is 1. The normalized spacial score (nSPS) is 19.1. The van der Waals surface area contributed by atoms with Gasteiger partial charge in [0.05, 0.1) is 18.2 Å². The number of amides is 1. The number of anilines is 1. The smallest absolute Gasteiger partial charge is 0.233 e. The van der Waals surface area contributed by atoms with E-state index in [9.17, 15) is 4.79 Å².